The van der Waals surface area contributed by atoms with Crippen molar-refractivity contribution >= 4 is 22.8 Å². The number of nitrogens with one attached hydrogen (secondary N) is 1. The SMILES string of the molecule is Cc1ccc2nc(Sc3c(F)cccc3[C@H](C)N)[nH]c2c1. The van der Waals surface area contributed by atoms with Gasteiger partial charge in [0, 0.05) is 6.04 Å². The Hall–Kier alpha value is -1.85. The van der Waals surface area contributed by atoms with E-state index in [0.29, 0.717) is 10.1 Å². The number of nitrogens with two attached hydrogens (primary N) is 1. The number of aromatic amines is 1. The predicted molar refractivity (Wildman–Crippen MR) is 84.0 cm³/mol. The van der Waals surface area contributed by atoms with Gasteiger partial charge in [-0.15, -0.1) is 0 Å². The Balaban J connectivity index is 2.02. The molecule has 0 aliphatic heterocycles. The van der Waals surface area contributed by atoms with Crippen LogP contribution >= 0.6 is 11.8 Å². The van der Waals surface area contributed by atoms with Crippen molar-refractivity contribution in [1.29, 1.82) is 0 Å². The van der Waals surface area contributed by atoms with Crippen LogP contribution in [0.2, 0.25) is 0 Å². The van der Waals surface area contributed by atoms with Gasteiger partial charge in [0.2, 0.25) is 0 Å². The molecule has 1 atom stereocenters. The first-order chi connectivity index (χ1) is 10.0. The van der Waals surface area contributed by atoms with Crippen LogP contribution in [0.15, 0.2) is 46.5 Å². The Morgan fingerprint density at radius 3 is 2.86 bits per heavy atom. The summed E-state index contributed by atoms with van der Waals surface area (Å²) in [6.45, 7) is 3.87. The van der Waals surface area contributed by atoms with E-state index in [1.807, 2.05) is 38.1 Å². The molecule has 0 aliphatic rings. The summed E-state index contributed by atoms with van der Waals surface area (Å²) < 4.78 is 14.1. The number of nitrogens with zero attached hydrogens (tertiary/aromatic N) is 1. The molecule has 3 rings (SSSR count). The van der Waals surface area contributed by atoms with Crippen LogP contribution < -0.4 is 5.73 Å². The van der Waals surface area contributed by atoms with Crippen LogP contribution in [0.1, 0.15) is 24.1 Å². The standard InChI is InChI=1S/C16H16FN3S/c1-9-6-7-13-14(8-9)20-16(19-13)21-15-11(10(2)18)4-3-5-12(15)17/h3-8,10H,18H2,1-2H3,(H,19,20)/t10-/m0/s1. The van der Waals surface area contributed by atoms with Crippen molar-refractivity contribution < 1.29 is 4.39 Å². The van der Waals surface area contributed by atoms with Crippen LogP contribution in [0.5, 0.6) is 0 Å². The minimum absolute atomic E-state index is 0.227. The minimum atomic E-state index is -0.272. The third-order valence-corrected chi connectivity index (χ3v) is 4.32. The van der Waals surface area contributed by atoms with Gasteiger partial charge < -0.3 is 10.7 Å². The maximum atomic E-state index is 14.1. The first-order valence-corrected chi connectivity index (χ1v) is 7.54. The number of rotatable bonds is 3. The monoisotopic (exact) mass is 301 g/mol. The fourth-order valence-electron chi connectivity index (χ4n) is 2.24. The van der Waals surface area contributed by atoms with Crippen molar-refractivity contribution in [2.45, 2.75) is 29.9 Å². The van der Waals surface area contributed by atoms with E-state index in [9.17, 15) is 4.39 Å². The number of imidazole rings is 1. The Bertz CT molecular complexity index is 795. The smallest absolute Gasteiger partial charge is 0.171 e. The van der Waals surface area contributed by atoms with Gasteiger partial charge in [0.1, 0.15) is 5.82 Å². The molecule has 1 aromatic heterocycles. The second kappa shape index (κ2) is 5.50. The van der Waals surface area contributed by atoms with Crippen molar-refractivity contribution in [3.63, 3.8) is 0 Å². The third kappa shape index (κ3) is 2.80. The van der Waals surface area contributed by atoms with Crippen LogP contribution in [0.25, 0.3) is 11.0 Å². The predicted octanol–water partition coefficient (Wildman–Crippen LogP) is 4.18. The lowest BCUT2D eigenvalue weighted by Crippen LogP contribution is -2.07. The molecule has 1 heterocycles. The van der Waals surface area contributed by atoms with Crippen molar-refractivity contribution in [2.75, 3.05) is 0 Å². The molecular weight excluding hydrogens is 285 g/mol. The van der Waals surface area contributed by atoms with Gasteiger partial charge in [0.05, 0.1) is 15.9 Å². The van der Waals surface area contributed by atoms with Crippen LogP contribution in [0, 0.1) is 12.7 Å². The summed E-state index contributed by atoms with van der Waals surface area (Å²) in [5, 5.41) is 0.669. The van der Waals surface area contributed by atoms with E-state index in [1.54, 1.807) is 6.07 Å². The molecule has 0 bridgehead atoms. The van der Waals surface area contributed by atoms with Gasteiger partial charge >= 0.3 is 0 Å². The Labute approximate surface area is 126 Å². The van der Waals surface area contributed by atoms with Gasteiger partial charge in [0.25, 0.3) is 0 Å². The number of hydrogen-bond acceptors (Lipinski definition) is 3. The van der Waals surface area contributed by atoms with E-state index in [2.05, 4.69) is 9.97 Å². The fraction of sp³-hybridized carbons (Fsp3) is 0.188. The third-order valence-electron chi connectivity index (χ3n) is 3.30. The number of fused-ring (bicyclic) bond motifs is 1. The van der Waals surface area contributed by atoms with Gasteiger partial charge in [-0.1, -0.05) is 18.2 Å². The molecule has 21 heavy (non-hydrogen) atoms. The Morgan fingerprint density at radius 1 is 1.29 bits per heavy atom. The lowest BCUT2D eigenvalue weighted by Gasteiger charge is -2.11. The topological polar surface area (TPSA) is 54.7 Å². The summed E-state index contributed by atoms with van der Waals surface area (Å²) in [5.41, 5.74) is 9.70. The zero-order chi connectivity index (χ0) is 15.0. The van der Waals surface area contributed by atoms with E-state index < -0.39 is 0 Å². The molecule has 0 aliphatic carbocycles. The molecule has 5 heteroatoms. The molecule has 0 fully saturated rings. The summed E-state index contributed by atoms with van der Waals surface area (Å²) in [4.78, 5) is 8.24. The number of benzene rings is 2. The molecular formula is C16H16FN3S. The average Bonchev–Trinajstić information content (AvgIpc) is 2.82. The van der Waals surface area contributed by atoms with Crippen molar-refractivity contribution in [3.8, 4) is 0 Å². The molecule has 108 valence electrons. The number of H-pyrrole nitrogens is 1. The first kappa shape index (κ1) is 14.1. The van der Waals surface area contributed by atoms with Crippen molar-refractivity contribution in [2.24, 2.45) is 5.73 Å². The summed E-state index contributed by atoms with van der Waals surface area (Å²) in [7, 11) is 0. The highest BCUT2D eigenvalue weighted by Crippen LogP contribution is 2.34. The highest BCUT2D eigenvalue weighted by Gasteiger charge is 2.15. The normalized spacial score (nSPS) is 12.8. The lowest BCUT2D eigenvalue weighted by atomic mass is 10.1. The van der Waals surface area contributed by atoms with E-state index in [1.165, 1.54) is 17.8 Å². The van der Waals surface area contributed by atoms with Gasteiger partial charge in [-0.3, -0.25) is 0 Å². The number of halogens is 1. The van der Waals surface area contributed by atoms with Gasteiger partial charge in [-0.2, -0.15) is 0 Å². The van der Waals surface area contributed by atoms with E-state index in [-0.39, 0.29) is 11.9 Å². The molecule has 0 spiro atoms. The molecule has 3 aromatic rings. The van der Waals surface area contributed by atoms with Gasteiger partial charge in [-0.25, -0.2) is 9.37 Å². The maximum absolute atomic E-state index is 14.1. The summed E-state index contributed by atoms with van der Waals surface area (Å²) >= 11 is 1.28. The summed E-state index contributed by atoms with van der Waals surface area (Å²) in [6.07, 6.45) is 0. The molecule has 0 saturated heterocycles. The molecule has 3 nitrogen and oxygen atoms in total. The minimum Gasteiger partial charge on any atom is -0.333 e. The van der Waals surface area contributed by atoms with Crippen LogP contribution in [-0.2, 0) is 0 Å². The molecule has 2 aromatic carbocycles. The number of aryl methyl sites for hydroxylation is 1. The molecule has 0 saturated carbocycles. The summed E-state index contributed by atoms with van der Waals surface area (Å²) in [5.74, 6) is -0.272. The van der Waals surface area contributed by atoms with E-state index in [0.717, 1.165) is 22.2 Å². The van der Waals surface area contributed by atoms with Gasteiger partial charge in [-0.05, 0) is 54.9 Å². The Kier molecular flexibility index (Phi) is 3.69. The lowest BCUT2D eigenvalue weighted by molar-refractivity contribution is 0.591. The van der Waals surface area contributed by atoms with Crippen LogP contribution in [0.4, 0.5) is 4.39 Å². The van der Waals surface area contributed by atoms with Crippen molar-refractivity contribution in [1.82, 2.24) is 9.97 Å². The molecule has 0 amide bonds. The van der Waals surface area contributed by atoms with Gasteiger partial charge in [0.15, 0.2) is 5.16 Å². The maximum Gasteiger partial charge on any atom is 0.171 e. The second-order valence-electron chi connectivity index (χ2n) is 5.11. The molecule has 0 unspecified atom stereocenters. The second-order valence-corrected chi connectivity index (χ2v) is 6.11. The zero-order valence-electron chi connectivity index (χ0n) is 11.9. The molecule has 0 radical (unpaired) electrons. The van der Waals surface area contributed by atoms with E-state index >= 15 is 0 Å². The number of aromatic nitrogens is 2. The van der Waals surface area contributed by atoms with Crippen LogP contribution in [0.3, 0.4) is 0 Å². The van der Waals surface area contributed by atoms with Crippen LogP contribution in [-0.4, -0.2) is 9.97 Å². The quantitative estimate of drug-likeness (QED) is 0.763. The van der Waals surface area contributed by atoms with E-state index in [4.69, 9.17) is 5.73 Å². The Morgan fingerprint density at radius 2 is 2.10 bits per heavy atom. The summed E-state index contributed by atoms with van der Waals surface area (Å²) in [6, 6.07) is 10.7. The fourth-order valence-corrected chi connectivity index (χ4v) is 3.27. The number of hydrogen-bond donors (Lipinski definition) is 2. The highest BCUT2D eigenvalue weighted by molar-refractivity contribution is 7.99. The average molecular weight is 301 g/mol. The highest BCUT2D eigenvalue weighted by atomic mass is 32.2. The van der Waals surface area contributed by atoms with Crippen molar-refractivity contribution in [3.05, 3.63) is 53.3 Å². The largest absolute Gasteiger partial charge is 0.333 e. The molecule has 3 N–H and O–H groups in total. The first-order valence-electron chi connectivity index (χ1n) is 6.73. The zero-order valence-corrected chi connectivity index (χ0v) is 12.7.